The van der Waals surface area contributed by atoms with Crippen LogP contribution in [0.4, 0.5) is 0 Å². The van der Waals surface area contributed by atoms with Crippen molar-refractivity contribution in [2.45, 2.75) is 56.5 Å². The number of carbonyl (C=O) groups is 1. The van der Waals surface area contributed by atoms with E-state index in [2.05, 4.69) is 21.5 Å². The minimum Gasteiger partial charge on any atom is -0.479 e. The molecule has 0 aromatic carbocycles. The van der Waals surface area contributed by atoms with Crippen LogP contribution in [0.15, 0.2) is 57.8 Å². The van der Waals surface area contributed by atoms with Gasteiger partial charge in [0.2, 0.25) is 0 Å². The summed E-state index contributed by atoms with van der Waals surface area (Å²) in [6.07, 6.45) is 12.1. The standard InChI is InChI=1S/C22H23Cl2N5O2/c23-14-5-8-17-18(10-14)26-11-19-28(20(17)22(30)31)12-27-29(19)15-6-3-13(4-7-15)16-2-1-9-25-21(16)24/h1-2,9-13,15,20,26H,3-8H2,(H,30,31)/t13-,15-,20?. The number of halogens is 2. The van der Waals surface area contributed by atoms with E-state index < -0.39 is 12.0 Å². The highest BCUT2D eigenvalue weighted by molar-refractivity contribution is 6.30. The van der Waals surface area contributed by atoms with Crippen molar-refractivity contribution in [1.82, 2.24) is 20.2 Å². The SMILES string of the molecule is O=C(O)C1C2=C(C=C(Cl)CC2)NC=C2N1C=NN2[C@H]1CC[C@H](c2cccnc2Cl)CC1. The predicted octanol–water partition coefficient (Wildman–Crippen LogP) is 4.35. The van der Waals surface area contributed by atoms with E-state index in [4.69, 9.17) is 23.2 Å². The molecule has 0 bridgehead atoms. The number of aliphatic carboxylic acids is 1. The number of pyridine rings is 1. The van der Waals surface area contributed by atoms with Gasteiger partial charge in [0, 0.05) is 23.1 Å². The van der Waals surface area contributed by atoms with Gasteiger partial charge >= 0.3 is 5.97 Å². The summed E-state index contributed by atoms with van der Waals surface area (Å²) in [6, 6.07) is 3.39. The van der Waals surface area contributed by atoms with Crippen LogP contribution in [0.1, 0.15) is 50.0 Å². The molecule has 1 saturated carbocycles. The van der Waals surface area contributed by atoms with Crippen LogP contribution in [0, 0.1) is 0 Å². The van der Waals surface area contributed by atoms with Crippen molar-refractivity contribution >= 4 is 35.5 Å². The second-order valence-corrected chi connectivity index (χ2v) is 9.13. The molecule has 9 heteroatoms. The van der Waals surface area contributed by atoms with Crippen molar-refractivity contribution in [2.75, 3.05) is 0 Å². The molecular weight excluding hydrogens is 437 g/mol. The zero-order valence-electron chi connectivity index (χ0n) is 16.8. The Morgan fingerprint density at radius 2 is 2.00 bits per heavy atom. The molecule has 0 spiro atoms. The highest BCUT2D eigenvalue weighted by Crippen LogP contribution is 2.40. The first-order valence-corrected chi connectivity index (χ1v) is 11.3. The quantitative estimate of drug-likeness (QED) is 0.653. The Hall–Kier alpha value is -2.51. The number of carboxylic acid groups (broad SMARTS) is 1. The Balaban J connectivity index is 1.35. The number of allylic oxidation sites excluding steroid dienone is 2. The molecule has 162 valence electrons. The predicted molar refractivity (Wildman–Crippen MR) is 119 cm³/mol. The summed E-state index contributed by atoms with van der Waals surface area (Å²) in [5.74, 6) is 0.250. The maximum absolute atomic E-state index is 12.2. The third kappa shape index (κ3) is 3.70. The molecule has 0 radical (unpaired) electrons. The smallest absolute Gasteiger partial charge is 0.331 e. The first-order chi connectivity index (χ1) is 15.0. The van der Waals surface area contributed by atoms with Gasteiger partial charge in [0.15, 0.2) is 6.04 Å². The third-order valence-electron chi connectivity index (χ3n) is 6.55. The van der Waals surface area contributed by atoms with Gasteiger partial charge in [0.25, 0.3) is 0 Å². The molecule has 2 aliphatic carbocycles. The first-order valence-electron chi connectivity index (χ1n) is 10.5. The highest BCUT2D eigenvalue weighted by atomic mass is 35.5. The first kappa shape index (κ1) is 20.4. The molecule has 1 aromatic heterocycles. The van der Waals surface area contributed by atoms with Gasteiger partial charge in [-0.3, -0.25) is 4.90 Å². The maximum atomic E-state index is 12.2. The van der Waals surface area contributed by atoms with Crippen LogP contribution >= 0.6 is 23.2 Å². The molecule has 0 saturated heterocycles. The van der Waals surface area contributed by atoms with E-state index in [9.17, 15) is 9.90 Å². The van der Waals surface area contributed by atoms with Crippen molar-refractivity contribution in [2.24, 2.45) is 5.10 Å². The number of nitrogens with zero attached hydrogens (tertiary/aromatic N) is 4. The minimum atomic E-state index is -0.892. The van der Waals surface area contributed by atoms with Crippen molar-refractivity contribution in [1.29, 1.82) is 0 Å². The molecule has 2 N–H and O–H groups in total. The normalized spacial score (nSPS) is 27.7. The summed E-state index contributed by atoms with van der Waals surface area (Å²) < 4.78 is 0. The Bertz CT molecular complexity index is 1030. The lowest BCUT2D eigenvalue weighted by Crippen LogP contribution is -2.43. The second-order valence-electron chi connectivity index (χ2n) is 8.29. The minimum absolute atomic E-state index is 0.199. The van der Waals surface area contributed by atoms with E-state index in [1.807, 2.05) is 23.4 Å². The fraction of sp³-hybridized carbons (Fsp3) is 0.409. The maximum Gasteiger partial charge on any atom is 0.331 e. The fourth-order valence-electron chi connectivity index (χ4n) is 5.01. The lowest BCUT2D eigenvalue weighted by Gasteiger charge is -2.36. The topological polar surface area (TPSA) is 81.1 Å². The van der Waals surface area contributed by atoms with Crippen molar-refractivity contribution in [3.8, 4) is 0 Å². The largest absolute Gasteiger partial charge is 0.479 e. The van der Waals surface area contributed by atoms with E-state index >= 15 is 0 Å². The van der Waals surface area contributed by atoms with Crippen LogP contribution in [0.5, 0.6) is 0 Å². The highest BCUT2D eigenvalue weighted by Gasteiger charge is 2.41. The van der Waals surface area contributed by atoms with Crippen LogP contribution in [0.2, 0.25) is 5.15 Å². The Kier molecular flexibility index (Phi) is 5.40. The summed E-state index contributed by atoms with van der Waals surface area (Å²) in [5.41, 5.74) is 2.70. The monoisotopic (exact) mass is 459 g/mol. The van der Waals surface area contributed by atoms with E-state index in [1.165, 1.54) is 0 Å². The van der Waals surface area contributed by atoms with E-state index in [1.54, 1.807) is 17.4 Å². The van der Waals surface area contributed by atoms with Crippen LogP contribution in [0.3, 0.4) is 0 Å². The zero-order valence-corrected chi connectivity index (χ0v) is 18.4. The van der Waals surface area contributed by atoms with Gasteiger partial charge < -0.3 is 10.4 Å². The summed E-state index contributed by atoms with van der Waals surface area (Å²) in [6.45, 7) is 0. The Morgan fingerprint density at radius 1 is 1.19 bits per heavy atom. The number of fused-ring (bicyclic) bond motifs is 1. The molecule has 1 atom stereocenters. The van der Waals surface area contributed by atoms with E-state index in [0.717, 1.165) is 53.4 Å². The number of hydrogen-bond acceptors (Lipinski definition) is 6. The number of hydrogen-bond donors (Lipinski definition) is 2. The number of rotatable bonds is 3. The molecule has 4 aliphatic rings. The van der Waals surface area contributed by atoms with Crippen LogP contribution in [-0.4, -0.2) is 44.4 Å². The van der Waals surface area contributed by atoms with Gasteiger partial charge in [-0.15, -0.1) is 0 Å². The Morgan fingerprint density at radius 3 is 2.74 bits per heavy atom. The zero-order chi connectivity index (χ0) is 21.5. The van der Waals surface area contributed by atoms with E-state index in [0.29, 0.717) is 23.9 Å². The second kappa shape index (κ2) is 8.20. The van der Waals surface area contributed by atoms with Crippen molar-refractivity contribution < 1.29 is 9.90 Å². The van der Waals surface area contributed by atoms with Gasteiger partial charge in [-0.25, -0.2) is 14.8 Å². The van der Waals surface area contributed by atoms with Crippen molar-refractivity contribution in [3.05, 3.63) is 63.4 Å². The van der Waals surface area contributed by atoms with Gasteiger partial charge in [0.1, 0.15) is 17.3 Å². The van der Waals surface area contributed by atoms with Gasteiger partial charge in [-0.1, -0.05) is 29.3 Å². The van der Waals surface area contributed by atoms with Gasteiger partial charge in [0.05, 0.1) is 6.04 Å². The summed E-state index contributed by atoms with van der Waals surface area (Å²) in [4.78, 5) is 18.2. The summed E-state index contributed by atoms with van der Waals surface area (Å²) >= 11 is 12.5. The average Bonchev–Trinajstić information content (AvgIpc) is 3.10. The average molecular weight is 460 g/mol. The summed E-state index contributed by atoms with van der Waals surface area (Å²) in [5, 5.41) is 21.2. The molecule has 5 rings (SSSR count). The third-order valence-corrected chi connectivity index (χ3v) is 7.16. The summed E-state index contributed by atoms with van der Waals surface area (Å²) in [7, 11) is 0. The Labute approximate surface area is 190 Å². The van der Waals surface area contributed by atoms with Crippen LogP contribution in [0.25, 0.3) is 0 Å². The lowest BCUT2D eigenvalue weighted by atomic mass is 9.82. The molecule has 2 aliphatic heterocycles. The molecule has 1 unspecified atom stereocenters. The number of nitrogens with one attached hydrogen (secondary N) is 1. The molecule has 1 fully saturated rings. The van der Waals surface area contributed by atoms with Crippen LogP contribution < -0.4 is 5.32 Å². The van der Waals surface area contributed by atoms with E-state index in [-0.39, 0.29) is 6.04 Å². The van der Waals surface area contributed by atoms with Crippen molar-refractivity contribution in [3.63, 3.8) is 0 Å². The van der Waals surface area contributed by atoms with Gasteiger partial charge in [-0.2, -0.15) is 5.10 Å². The number of aromatic nitrogens is 1. The molecule has 0 amide bonds. The van der Waals surface area contributed by atoms with Gasteiger partial charge in [-0.05, 0) is 67.7 Å². The lowest BCUT2D eigenvalue weighted by molar-refractivity contribution is -0.140. The molecule has 1 aromatic rings. The fourth-order valence-corrected chi connectivity index (χ4v) is 5.49. The number of hydrazone groups is 1. The molecule has 3 heterocycles. The molecular formula is C22H23Cl2N5O2. The number of carboxylic acids is 1. The molecule has 7 nitrogen and oxygen atoms in total. The van der Waals surface area contributed by atoms with Crippen LogP contribution in [-0.2, 0) is 4.79 Å². The molecule has 31 heavy (non-hydrogen) atoms.